The fourth-order valence-electron chi connectivity index (χ4n) is 6.97. The maximum Gasteiger partial charge on any atom is 0.261 e. The predicted molar refractivity (Wildman–Crippen MR) is 193 cm³/mol. The molecule has 1 fully saturated rings. The topological polar surface area (TPSA) is 66.3 Å². The molecule has 0 bridgehead atoms. The molecule has 236 valence electrons. The van der Waals surface area contributed by atoms with Crippen LogP contribution >= 0.6 is 11.6 Å². The number of benzene rings is 2. The van der Waals surface area contributed by atoms with Gasteiger partial charge in [-0.05, 0) is 54.0 Å². The number of piperazine rings is 1. The van der Waals surface area contributed by atoms with Crippen LogP contribution in [0.5, 0.6) is 0 Å². The van der Waals surface area contributed by atoms with Crippen molar-refractivity contribution in [2.24, 2.45) is 7.05 Å². The lowest BCUT2D eigenvalue weighted by molar-refractivity contribution is 0.313. The number of rotatable bonds is 7. The highest BCUT2D eigenvalue weighted by Crippen LogP contribution is 2.41. The zero-order valence-corrected chi connectivity index (χ0v) is 29.5. The van der Waals surface area contributed by atoms with Gasteiger partial charge in [-0.15, -0.1) is 5.54 Å². The molecule has 0 saturated carbocycles. The molecule has 1 aliphatic heterocycles. The van der Waals surface area contributed by atoms with E-state index in [4.69, 9.17) is 21.6 Å². The van der Waals surface area contributed by atoms with Crippen LogP contribution < -0.4 is 15.8 Å². The van der Waals surface area contributed by atoms with Crippen molar-refractivity contribution >= 4 is 48.0 Å². The normalized spacial score (nSPS) is 14.4. The average Bonchev–Trinajstić information content (AvgIpc) is 3.01. The third kappa shape index (κ3) is 6.39. The van der Waals surface area contributed by atoms with Crippen LogP contribution in [-0.2, 0) is 7.05 Å². The third-order valence-corrected chi connectivity index (χ3v) is 16.1. The van der Waals surface area contributed by atoms with E-state index >= 15 is 0 Å². The van der Waals surface area contributed by atoms with Gasteiger partial charge in [-0.3, -0.25) is 9.36 Å². The van der Waals surface area contributed by atoms with Crippen LogP contribution in [0, 0.1) is 11.5 Å². The standard InChI is InChI=1S/C36H45ClN6OSi/c1-24(2)45(25(3)4,26(5)6)22-17-29-31-23-38-36(39-27-13-15-28(16-14-27)43-20-18-41(7)19-21-43)40-34(31)42(8)35(44)33(29)30-11-9-10-12-32(30)37/h9-16,23-26H,18-21H2,1-8H3,(H,38,39,40). The summed E-state index contributed by atoms with van der Waals surface area (Å²) in [7, 11) is 1.80. The summed E-state index contributed by atoms with van der Waals surface area (Å²) >= 11 is 6.70. The minimum atomic E-state index is -2.11. The summed E-state index contributed by atoms with van der Waals surface area (Å²) in [6.07, 6.45) is 1.79. The molecule has 0 unspecified atom stereocenters. The average molecular weight is 641 g/mol. The molecule has 1 aliphatic rings. The minimum Gasteiger partial charge on any atom is -0.369 e. The summed E-state index contributed by atoms with van der Waals surface area (Å²) in [6, 6.07) is 15.8. The predicted octanol–water partition coefficient (Wildman–Crippen LogP) is 7.71. The van der Waals surface area contributed by atoms with E-state index in [-0.39, 0.29) is 5.56 Å². The van der Waals surface area contributed by atoms with Gasteiger partial charge in [0.1, 0.15) is 13.7 Å². The number of nitrogens with zero attached hydrogens (tertiary/aromatic N) is 5. The first-order chi connectivity index (χ1) is 21.4. The Labute approximate surface area is 273 Å². The van der Waals surface area contributed by atoms with E-state index in [0.717, 1.165) is 37.3 Å². The molecule has 0 aliphatic carbocycles. The molecular formula is C36H45ClN6OSi. The number of hydrogen-bond donors (Lipinski definition) is 1. The summed E-state index contributed by atoms with van der Waals surface area (Å²) in [4.78, 5) is 28.4. The van der Waals surface area contributed by atoms with E-state index in [1.807, 2.05) is 36.4 Å². The van der Waals surface area contributed by atoms with Gasteiger partial charge in [-0.25, -0.2) is 4.98 Å². The van der Waals surface area contributed by atoms with Gasteiger partial charge in [0.05, 0.1) is 10.9 Å². The zero-order valence-electron chi connectivity index (χ0n) is 27.8. The summed E-state index contributed by atoms with van der Waals surface area (Å²) < 4.78 is 1.58. The van der Waals surface area contributed by atoms with Gasteiger partial charge in [-0.1, -0.05) is 77.3 Å². The molecule has 7 nitrogen and oxygen atoms in total. The van der Waals surface area contributed by atoms with Crippen molar-refractivity contribution < 1.29 is 0 Å². The van der Waals surface area contributed by atoms with E-state index in [2.05, 4.69) is 87.3 Å². The number of pyridine rings is 1. The van der Waals surface area contributed by atoms with Crippen LogP contribution in [0.2, 0.25) is 21.6 Å². The molecule has 5 rings (SSSR count). The lowest BCUT2D eigenvalue weighted by atomic mass is 9.99. The van der Waals surface area contributed by atoms with Gasteiger partial charge in [0.2, 0.25) is 5.95 Å². The van der Waals surface area contributed by atoms with E-state index in [0.29, 0.717) is 49.9 Å². The first kappa shape index (κ1) is 32.7. The monoisotopic (exact) mass is 640 g/mol. The quantitative estimate of drug-likeness (QED) is 0.165. The van der Waals surface area contributed by atoms with Crippen molar-refractivity contribution in [2.45, 2.75) is 58.2 Å². The minimum absolute atomic E-state index is 0.188. The first-order valence-electron chi connectivity index (χ1n) is 15.9. The fraction of sp³-hybridized carbons (Fsp3) is 0.417. The van der Waals surface area contributed by atoms with Crippen molar-refractivity contribution in [2.75, 3.05) is 43.4 Å². The lowest BCUT2D eigenvalue weighted by Crippen LogP contribution is -2.44. The molecule has 2 aromatic heterocycles. The van der Waals surface area contributed by atoms with Crippen LogP contribution in [0.3, 0.4) is 0 Å². The van der Waals surface area contributed by atoms with Crippen molar-refractivity contribution in [3.63, 3.8) is 0 Å². The van der Waals surface area contributed by atoms with Crippen LogP contribution in [0.4, 0.5) is 17.3 Å². The molecule has 2 aromatic carbocycles. The Hall–Kier alpha value is -3.64. The Bertz CT molecular complexity index is 1780. The van der Waals surface area contributed by atoms with Gasteiger partial charge in [0.15, 0.2) is 0 Å². The largest absolute Gasteiger partial charge is 0.369 e. The van der Waals surface area contributed by atoms with Gasteiger partial charge in [0.25, 0.3) is 5.56 Å². The Morgan fingerprint density at radius 3 is 2.11 bits per heavy atom. The number of hydrogen-bond acceptors (Lipinski definition) is 6. The zero-order chi connectivity index (χ0) is 32.5. The highest BCUT2D eigenvalue weighted by Gasteiger charge is 2.41. The highest BCUT2D eigenvalue weighted by atomic mass is 35.5. The SMILES string of the molecule is CC(C)[Si](C#Cc1c(-c2ccccc2Cl)c(=O)n(C)c2nc(Nc3ccc(N4CCN(C)CC4)cc3)ncc12)(C(C)C)C(C)C. The number of likely N-dealkylation sites (N-methyl/N-ethyl adjacent to an activating group) is 1. The second kappa shape index (κ2) is 13.4. The second-order valence-corrected chi connectivity index (χ2v) is 19.1. The molecule has 0 atom stereocenters. The Kier molecular flexibility index (Phi) is 9.73. The summed E-state index contributed by atoms with van der Waals surface area (Å²) in [5.74, 6) is 4.00. The molecule has 45 heavy (non-hydrogen) atoms. The van der Waals surface area contributed by atoms with Crippen molar-refractivity contribution in [1.82, 2.24) is 19.4 Å². The van der Waals surface area contributed by atoms with E-state index in [1.54, 1.807) is 17.8 Å². The molecule has 0 radical (unpaired) electrons. The van der Waals surface area contributed by atoms with Gasteiger partial charge in [0, 0.05) is 66.9 Å². The fourth-order valence-corrected chi connectivity index (χ4v) is 12.4. The summed E-state index contributed by atoms with van der Waals surface area (Å²) in [5, 5.41) is 4.58. The summed E-state index contributed by atoms with van der Waals surface area (Å²) in [6.45, 7) is 17.9. The third-order valence-electron chi connectivity index (χ3n) is 9.53. The molecule has 0 amide bonds. The number of aryl methyl sites for hydroxylation is 1. The van der Waals surface area contributed by atoms with E-state index in [9.17, 15) is 4.79 Å². The molecule has 0 spiro atoms. The van der Waals surface area contributed by atoms with Gasteiger partial charge < -0.3 is 15.1 Å². The molecule has 1 saturated heterocycles. The first-order valence-corrected chi connectivity index (χ1v) is 18.5. The van der Waals surface area contributed by atoms with Crippen LogP contribution in [0.15, 0.2) is 59.5 Å². The van der Waals surface area contributed by atoms with Crippen LogP contribution in [0.1, 0.15) is 47.1 Å². The molecule has 1 N–H and O–H groups in total. The Morgan fingerprint density at radius 1 is 0.889 bits per heavy atom. The number of halogens is 1. The highest BCUT2D eigenvalue weighted by molar-refractivity contribution is 6.90. The van der Waals surface area contributed by atoms with E-state index in [1.165, 1.54) is 5.69 Å². The van der Waals surface area contributed by atoms with Crippen molar-refractivity contribution in [1.29, 1.82) is 0 Å². The van der Waals surface area contributed by atoms with Crippen molar-refractivity contribution in [3.8, 4) is 22.6 Å². The second-order valence-electron chi connectivity index (χ2n) is 13.1. The smallest absolute Gasteiger partial charge is 0.261 e. The molecule has 4 aromatic rings. The number of aromatic nitrogens is 3. The summed E-state index contributed by atoms with van der Waals surface area (Å²) in [5.41, 5.74) is 9.38. The van der Waals surface area contributed by atoms with E-state index < -0.39 is 8.07 Å². The van der Waals surface area contributed by atoms with Gasteiger partial charge in [-0.2, -0.15) is 4.98 Å². The van der Waals surface area contributed by atoms with Crippen molar-refractivity contribution in [3.05, 3.63) is 75.7 Å². The molecule has 3 heterocycles. The maximum atomic E-state index is 14.1. The Morgan fingerprint density at radius 2 is 1.51 bits per heavy atom. The van der Waals surface area contributed by atoms with Crippen LogP contribution in [-0.4, -0.2) is 60.7 Å². The molecular weight excluding hydrogens is 596 g/mol. The Balaban J connectivity index is 1.62. The lowest BCUT2D eigenvalue weighted by Gasteiger charge is -2.38. The maximum absolute atomic E-state index is 14.1. The van der Waals surface area contributed by atoms with Crippen LogP contribution in [0.25, 0.3) is 22.2 Å². The number of nitrogens with one attached hydrogen (secondary N) is 1. The number of fused-ring (bicyclic) bond motifs is 1. The number of anilines is 3. The van der Waals surface area contributed by atoms with Gasteiger partial charge >= 0.3 is 0 Å². The molecule has 9 heteroatoms.